The first-order chi connectivity index (χ1) is 16.5. The third-order valence-electron chi connectivity index (χ3n) is 6.29. The first kappa shape index (κ1) is 21.8. The summed E-state index contributed by atoms with van der Waals surface area (Å²) in [6, 6.07) is 20.1. The van der Waals surface area contributed by atoms with Gasteiger partial charge < -0.3 is 0 Å². The predicted molar refractivity (Wildman–Crippen MR) is 136 cm³/mol. The van der Waals surface area contributed by atoms with E-state index < -0.39 is 0 Å². The summed E-state index contributed by atoms with van der Waals surface area (Å²) in [6.45, 7) is 6.18. The average molecular weight is 449 g/mol. The number of nitrogens with zero attached hydrogens (tertiary/aromatic N) is 4. The largest absolute Gasteiger partial charge is 0.289 e. The molecule has 2 aromatic heterocycles. The molecule has 0 spiro atoms. The highest BCUT2D eigenvalue weighted by molar-refractivity contribution is 6.14. The number of hydrogen-bond acceptors (Lipinski definition) is 3. The molecule has 2 aromatic carbocycles. The van der Waals surface area contributed by atoms with Gasteiger partial charge in [0.25, 0.3) is 0 Å². The molecular weight excluding hydrogens is 420 g/mol. The van der Waals surface area contributed by atoms with Crippen LogP contribution in [0.4, 0.5) is 0 Å². The molecule has 34 heavy (non-hydrogen) atoms. The number of hydrogen-bond donors (Lipinski definition) is 0. The number of Topliss-reactive ketones (excluding diaryl/α,β-unsaturated/α-hetero) is 1. The number of carbonyl (C=O) groups excluding carboxylic acids is 1. The van der Waals surface area contributed by atoms with Gasteiger partial charge in [-0.2, -0.15) is 10.2 Å². The molecule has 0 radical (unpaired) electrons. The first-order valence-electron chi connectivity index (χ1n) is 11.7. The molecule has 4 aromatic rings. The molecule has 2 heterocycles. The quantitative estimate of drug-likeness (QED) is 0.352. The maximum absolute atomic E-state index is 13.5. The van der Waals surface area contributed by atoms with Gasteiger partial charge in [0.1, 0.15) is 0 Å². The monoisotopic (exact) mass is 448 g/mol. The van der Waals surface area contributed by atoms with Crippen LogP contribution >= 0.6 is 0 Å². The van der Waals surface area contributed by atoms with Crippen molar-refractivity contribution in [1.29, 1.82) is 0 Å². The molecule has 1 saturated carbocycles. The minimum atomic E-state index is 0.122. The Hall–Kier alpha value is -3.99. The van der Waals surface area contributed by atoms with E-state index in [1.807, 2.05) is 108 Å². The summed E-state index contributed by atoms with van der Waals surface area (Å²) in [5.74, 6) is 0.515. The lowest BCUT2D eigenvalue weighted by Crippen LogP contribution is -2.18. The second kappa shape index (κ2) is 9.10. The Kier molecular flexibility index (Phi) is 5.84. The van der Waals surface area contributed by atoms with Gasteiger partial charge >= 0.3 is 0 Å². The molecule has 1 atom stereocenters. The summed E-state index contributed by atoms with van der Waals surface area (Å²) in [4.78, 5) is 13.5. The topological polar surface area (TPSA) is 52.7 Å². The van der Waals surface area contributed by atoms with Crippen molar-refractivity contribution in [3.63, 3.8) is 0 Å². The van der Waals surface area contributed by atoms with E-state index in [0.717, 1.165) is 57.9 Å². The zero-order valence-electron chi connectivity index (χ0n) is 19.8. The summed E-state index contributed by atoms with van der Waals surface area (Å²) in [7, 11) is 0. The Balaban J connectivity index is 1.46. The van der Waals surface area contributed by atoms with E-state index in [1.54, 1.807) is 0 Å². The minimum absolute atomic E-state index is 0.122. The smallest absolute Gasteiger partial charge is 0.185 e. The molecule has 0 aliphatic heterocycles. The van der Waals surface area contributed by atoms with Gasteiger partial charge in [-0.05, 0) is 69.0 Å². The van der Waals surface area contributed by atoms with Gasteiger partial charge in [0.05, 0.1) is 22.8 Å². The van der Waals surface area contributed by atoms with Crippen molar-refractivity contribution in [1.82, 2.24) is 19.6 Å². The summed E-state index contributed by atoms with van der Waals surface area (Å²) in [5.41, 5.74) is 7.47. The summed E-state index contributed by atoms with van der Waals surface area (Å²) < 4.78 is 3.74. The van der Waals surface area contributed by atoms with Crippen LogP contribution in [0.1, 0.15) is 42.3 Å². The fourth-order valence-electron chi connectivity index (χ4n) is 4.50. The van der Waals surface area contributed by atoms with Gasteiger partial charge in [0, 0.05) is 34.7 Å². The number of para-hydroxylation sites is 2. The normalized spacial score (nSPS) is 18.7. The zero-order valence-corrected chi connectivity index (χ0v) is 19.8. The summed E-state index contributed by atoms with van der Waals surface area (Å²) in [6.07, 6.45) is 9.59. The second-order valence-electron chi connectivity index (χ2n) is 9.08. The standard InChI is InChI=1S/C29H28N4O/c1-20-14-23(16-25-18-32(30-21(25)2)27-10-6-4-7-11-27)29(34)24(15-20)17-26-19-33(31-22(26)3)28-12-8-5-9-13-28/h4-13,16-20H,14-15H2,1-3H3/b23-16-,24-17+. The van der Waals surface area contributed by atoms with Crippen LogP contribution in [0.15, 0.2) is 84.2 Å². The number of carbonyl (C=O) groups is 1. The molecule has 1 unspecified atom stereocenters. The lowest BCUT2D eigenvalue weighted by atomic mass is 9.81. The van der Waals surface area contributed by atoms with E-state index in [0.29, 0.717) is 5.92 Å². The molecule has 0 saturated heterocycles. The molecule has 1 fully saturated rings. The third-order valence-corrected chi connectivity index (χ3v) is 6.29. The van der Waals surface area contributed by atoms with Crippen LogP contribution in [0, 0.1) is 19.8 Å². The maximum Gasteiger partial charge on any atom is 0.185 e. The Morgan fingerprint density at radius 1 is 0.735 bits per heavy atom. The van der Waals surface area contributed by atoms with Gasteiger partial charge in [0.15, 0.2) is 5.78 Å². The molecule has 170 valence electrons. The van der Waals surface area contributed by atoms with Crippen molar-refractivity contribution in [2.24, 2.45) is 5.92 Å². The highest BCUT2D eigenvalue weighted by Crippen LogP contribution is 2.33. The minimum Gasteiger partial charge on any atom is -0.289 e. The van der Waals surface area contributed by atoms with Crippen LogP contribution in [0.2, 0.25) is 0 Å². The third kappa shape index (κ3) is 4.42. The lowest BCUT2D eigenvalue weighted by Gasteiger charge is -2.22. The fourth-order valence-corrected chi connectivity index (χ4v) is 4.50. The van der Waals surface area contributed by atoms with Crippen molar-refractivity contribution in [3.05, 3.63) is 107 Å². The van der Waals surface area contributed by atoms with Crippen LogP contribution in [0.25, 0.3) is 23.5 Å². The van der Waals surface area contributed by atoms with Crippen LogP contribution in [0.5, 0.6) is 0 Å². The number of aryl methyl sites for hydroxylation is 2. The number of benzene rings is 2. The van der Waals surface area contributed by atoms with Gasteiger partial charge in [-0.3, -0.25) is 4.79 Å². The Morgan fingerprint density at radius 2 is 1.15 bits per heavy atom. The highest BCUT2D eigenvalue weighted by Gasteiger charge is 2.26. The summed E-state index contributed by atoms with van der Waals surface area (Å²) in [5, 5.41) is 9.31. The highest BCUT2D eigenvalue weighted by atomic mass is 16.1. The van der Waals surface area contributed by atoms with E-state index in [9.17, 15) is 4.79 Å². The van der Waals surface area contributed by atoms with Crippen LogP contribution in [-0.2, 0) is 4.79 Å². The van der Waals surface area contributed by atoms with Crippen molar-refractivity contribution >= 4 is 17.9 Å². The maximum atomic E-state index is 13.5. The van der Waals surface area contributed by atoms with E-state index in [2.05, 4.69) is 17.1 Å². The molecule has 5 nitrogen and oxygen atoms in total. The number of allylic oxidation sites excluding steroid dienone is 2. The van der Waals surface area contributed by atoms with Crippen LogP contribution in [0.3, 0.4) is 0 Å². The van der Waals surface area contributed by atoms with Gasteiger partial charge in [-0.25, -0.2) is 9.36 Å². The van der Waals surface area contributed by atoms with Gasteiger partial charge in [-0.1, -0.05) is 43.3 Å². The number of ketones is 1. The molecule has 5 rings (SSSR count). The van der Waals surface area contributed by atoms with Crippen LogP contribution in [-0.4, -0.2) is 25.3 Å². The van der Waals surface area contributed by atoms with Crippen LogP contribution < -0.4 is 0 Å². The average Bonchev–Trinajstić information content (AvgIpc) is 3.40. The van der Waals surface area contributed by atoms with Gasteiger partial charge in [-0.15, -0.1) is 0 Å². The molecule has 5 heteroatoms. The first-order valence-corrected chi connectivity index (χ1v) is 11.7. The molecule has 1 aliphatic rings. The van der Waals surface area contributed by atoms with E-state index in [-0.39, 0.29) is 5.78 Å². The van der Waals surface area contributed by atoms with E-state index in [4.69, 9.17) is 0 Å². The predicted octanol–water partition coefficient (Wildman–Crippen LogP) is 6.14. The molecule has 1 aliphatic carbocycles. The molecule has 0 N–H and O–H groups in total. The Bertz CT molecular complexity index is 1280. The number of rotatable bonds is 4. The number of aromatic nitrogens is 4. The van der Waals surface area contributed by atoms with Crippen molar-refractivity contribution in [2.75, 3.05) is 0 Å². The Morgan fingerprint density at radius 3 is 1.56 bits per heavy atom. The second-order valence-corrected chi connectivity index (χ2v) is 9.08. The van der Waals surface area contributed by atoms with Gasteiger partial charge in [0.2, 0.25) is 0 Å². The molecule has 0 bridgehead atoms. The van der Waals surface area contributed by atoms with Crippen molar-refractivity contribution < 1.29 is 4.79 Å². The van der Waals surface area contributed by atoms with E-state index in [1.165, 1.54) is 0 Å². The lowest BCUT2D eigenvalue weighted by molar-refractivity contribution is -0.113. The zero-order chi connectivity index (χ0) is 23.7. The Labute approximate surface area is 200 Å². The molecular formula is C29H28N4O. The molecule has 0 amide bonds. The van der Waals surface area contributed by atoms with Crippen molar-refractivity contribution in [3.8, 4) is 11.4 Å². The SMILES string of the molecule is Cc1nn(-c2ccccc2)cc1/C=C1/CC(C)C/C(=C\c2cn(-c3ccccc3)nc2C)C1=O. The van der Waals surface area contributed by atoms with E-state index >= 15 is 0 Å². The van der Waals surface area contributed by atoms with Crippen molar-refractivity contribution in [2.45, 2.75) is 33.6 Å². The fraction of sp³-hybridized carbons (Fsp3) is 0.207. The summed E-state index contributed by atoms with van der Waals surface area (Å²) >= 11 is 0.